The number of hydrogen-bond donors (Lipinski definition) is 1. The van der Waals surface area contributed by atoms with Crippen LogP contribution in [0.25, 0.3) is 0 Å². The van der Waals surface area contributed by atoms with Crippen LogP contribution in [0.3, 0.4) is 0 Å². The molecular weight excluding hydrogens is 177 g/mol. The third-order valence-electron chi connectivity index (χ3n) is 1.36. The van der Waals surface area contributed by atoms with E-state index in [0.29, 0.717) is 5.69 Å². The van der Waals surface area contributed by atoms with Gasteiger partial charge in [0.1, 0.15) is 6.67 Å². The first-order chi connectivity index (χ1) is 6.24. The molecule has 1 aromatic heterocycles. The van der Waals surface area contributed by atoms with Crippen LogP contribution in [0, 0.1) is 10.1 Å². The minimum Gasteiger partial charge on any atom is -0.379 e. The average Bonchev–Trinajstić information content (AvgIpc) is 2.15. The van der Waals surface area contributed by atoms with Gasteiger partial charge in [-0.3, -0.25) is 0 Å². The molecule has 1 rings (SSSR count). The van der Waals surface area contributed by atoms with Gasteiger partial charge in [0, 0.05) is 12.6 Å². The Morgan fingerprint density at radius 2 is 2.38 bits per heavy atom. The second-order valence-corrected chi connectivity index (χ2v) is 2.28. The summed E-state index contributed by atoms with van der Waals surface area (Å²) in [7, 11) is 0. The average molecular weight is 185 g/mol. The summed E-state index contributed by atoms with van der Waals surface area (Å²) in [5, 5.41) is 12.9. The molecule has 0 aromatic carbocycles. The topological polar surface area (TPSA) is 68.1 Å². The molecule has 0 atom stereocenters. The van der Waals surface area contributed by atoms with Gasteiger partial charge in [-0.05, 0) is 16.0 Å². The van der Waals surface area contributed by atoms with Gasteiger partial charge < -0.3 is 15.4 Å². The van der Waals surface area contributed by atoms with Gasteiger partial charge in [-0.25, -0.2) is 4.39 Å². The van der Waals surface area contributed by atoms with Crippen LogP contribution in [0.1, 0.15) is 0 Å². The molecule has 0 fully saturated rings. The van der Waals surface area contributed by atoms with Crippen molar-refractivity contribution in [2.75, 3.05) is 18.5 Å². The van der Waals surface area contributed by atoms with Crippen molar-refractivity contribution < 1.29 is 9.31 Å². The number of anilines is 1. The first kappa shape index (κ1) is 9.37. The van der Waals surface area contributed by atoms with E-state index in [4.69, 9.17) is 0 Å². The zero-order valence-corrected chi connectivity index (χ0v) is 6.74. The molecule has 0 aliphatic carbocycles. The Morgan fingerprint density at radius 3 is 2.85 bits per heavy atom. The first-order valence-corrected chi connectivity index (χ1v) is 3.64. The van der Waals surface area contributed by atoms with E-state index in [9.17, 15) is 14.5 Å². The molecule has 0 spiro atoms. The van der Waals surface area contributed by atoms with E-state index >= 15 is 0 Å². The molecule has 0 bridgehead atoms. The van der Waals surface area contributed by atoms with E-state index in [1.807, 2.05) is 0 Å². The van der Waals surface area contributed by atoms with E-state index in [1.165, 1.54) is 18.3 Å². The van der Waals surface area contributed by atoms with Gasteiger partial charge in [0.15, 0.2) is 6.20 Å². The molecule has 0 radical (unpaired) electrons. The highest BCUT2D eigenvalue weighted by Crippen LogP contribution is 2.10. The van der Waals surface area contributed by atoms with E-state index in [2.05, 4.69) is 10.3 Å². The lowest BCUT2D eigenvalue weighted by atomic mass is 10.4. The molecular formula is C7H8FN3O2. The van der Waals surface area contributed by atoms with Gasteiger partial charge in [0.25, 0.3) is 0 Å². The Kier molecular flexibility index (Phi) is 3.13. The molecule has 70 valence electrons. The van der Waals surface area contributed by atoms with Crippen molar-refractivity contribution in [2.45, 2.75) is 0 Å². The first-order valence-electron chi connectivity index (χ1n) is 3.64. The summed E-state index contributed by atoms with van der Waals surface area (Å²) >= 11 is 0. The minimum absolute atomic E-state index is 0.180. The maximum atomic E-state index is 11.7. The van der Waals surface area contributed by atoms with Crippen molar-refractivity contribution in [1.29, 1.82) is 0 Å². The van der Waals surface area contributed by atoms with Crippen LogP contribution in [-0.4, -0.2) is 23.1 Å². The summed E-state index contributed by atoms with van der Waals surface area (Å²) in [5.41, 5.74) is 0.572. The Balaban J connectivity index is 2.64. The Labute approximate surface area is 73.7 Å². The van der Waals surface area contributed by atoms with Crippen LogP contribution in [0.4, 0.5) is 15.9 Å². The number of alkyl halides is 1. The van der Waals surface area contributed by atoms with E-state index in [0.717, 1.165) is 0 Å². The Hall–Kier alpha value is -1.72. The van der Waals surface area contributed by atoms with Crippen LogP contribution in [0.2, 0.25) is 0 Å². The highest BCUT2D eigenvalue weighted by atomic mass is 19.1. The van der Waals surface area contributed by atoms with E-state index < -0.39 is 11.6 Å². The van der Waals surface area contributed by atoms with Gasteiger partial charge in [-0.2, -0.15) is 0 Å². The molecule has 0 aliphatic rings. The molecule has 6 heteroatoms. The quantitative estimate of drug-likeness (QED) is 0.568. The second kappa shape index (κ2) is 4.34. The Morgan fingerprint density at radius 1 is 1.62 bits per heavy atom. The van der Waals surface area contributed by atoms with E-state index in [1.54, 1.807) is 0 Å². The molecule has 0 unspecified atom stereocenters. The van der Waals surface area contributed by atoms with E-state index in [-0.39, 0.29) is 12.4 Å². The van der Waals surface area contributed by atoms with Crippen LogP contribution in [0.15, 0.2) is 18.3 Å². The normalized spacial score (nSPS) is 9.62. The monoisotopic (exact) mass is 185 g/mol. The largest absolute Gasteiger partial charge is 0.379 e. The van der Waals surface area contributed by atoms with Crippen molar-refractivity contribution in [3.63, 3.8) is 0 Å². The second-order valence-electron chi connectivity index (χ2n) is 2.28. The molecule has 0 saturated heterocycles. The third kappa shape index (κ3) is 2.66. The standard InChI is InChI=1S/C7H8FN3O2/c8-3-4-9-6-1-2-7(10-5-6)11(12)13/h1-2,5,9H,3-4H2. The van der Waals surface area contributed by atoms with Crippen molar-refractivity contribution in [3.8, 4) is 0 Å². The fourth-order valence-electron chi connectivity index (χ4n) is 0.790. The third-order valence-corrected chi connectivity index (χ3v) is 1.36. The van der Waals surface area contributed by atoms with Gasteiger partial charge in [-0.1, -0.05) is 0 Å². The number of halogens is 1. The highest BCUT2D eigenvalue weighted by molar-refractivity contribution is 5.43. The summed E-state index contributed by atoms with van der Waals surface area (Å²) in [6, 6.07) is 2.75. The number of aromatic nitrogens is 1. The lowest BCUT2D eigenvalue weighted by Crippen LogP contribution is -2.03. The van der Waals surface area contributed by atoms with Crippen LogP contribution < -0.4 is 5.32 Å². The highest BCUT2D eigenvalue weighted by Gasteiger charge is 2.04. The lowest BCUT2D eigenvalue weighted by molar-refractivity contribution is -0.389. The summed E-state index contributed by atoms with van der Waals surface area (Å²) in [6.45, 7) is -0.309. The number of nitrogens with zero attached hydrogens (tertiary/aromatic N) is 2. The summed E-state index contributed by atoms with van der Waals surface area (Å²) in [6.07, 6.45) is 1.30. The molecule has 0 amide bonds. The van der Waals surface area contributed by atoms with Crippen LogP contribution in [-0.2, 0) is 0 Å². The smallest absolute Gasteiger partial charge is 0.363 e. The van der Waals surface area contributed by atoms with Gasteiger partial charge in [0.2, 0.25) is 0 Å². The molecule has 0 aliphatic heterocycles. The number of nitro groups is 1. The van der Waals surface area contributed by atoms with Gasteiger partial charge >= 0.3 is 5.82 Å². The molecule has 13 heavy (non-hydrogen) atoms. The number of pyridine rings is 1. The fraction of sp³-hybridized carbons (Fsp3) is 0.286. The fourth-order valence-corrected chi connectivity index (χ4v) is 0.790. The zero-order valence-electron chi connectivity index (χ0n) is 6.74. The summed E-state index contributed by atoms with van der Waals surface area (Å²) < 4.78 is 11.7. The summed E-state index contributed by atoms with van der Waals surface area (Å²) in [4.78, 5) is 13.2. The molecule has 1 aromatic rings. The number of hydrogen-bond acceptors (Lipinski definition) is 4. The zero-order chi connectivity index (χ0) is 9.68. The van der Waals surface area contributed by atoms with Gasteiger partial charge in [0.05, 0.1) is 5.69 Å². The predicted octanol–water partition coefficient (Wildman–Crippen LogP) is 1.37. The lowest BCUT2D eigenvalue weighted by Gasteiger charge is -1.99. The van der Waals surface area contributed by atoms with Gasteiger partial charge in [-0.15, -0.1) is 0 Å². The molecule has 5 nitrogen and oxygen atoms in total. The van der Waals surface area contributed by atoms with Crippen molar-refractivity contribution in [3.05, 3.63) is 28.4 Å². The van der Waals surface area contributed by atoms with Crippen molar-refractivity contribution in [2.24, 2.45) is 0 Å². The minimum atomic E-state index is -0.584. The molecule has 0 saturated carbocycles. The van der Waals surface area contributed by atoms with Crippen LogP contribution >= 0.6 is 0 Å². The Bertz CT molecular complexity index is 288. The number of nitrogens with one attached hydrogen (secondary N) is 1. The van der Waals surface area contributed by atoms with Crippen molar-refractivity contribution in [1.82, 2.24) is 4.98 Å². The molecule has 1 heterocycles. The van der Waals surface area contributed by atoms with Crippen molar-refractivity contribution >= 4 is 11.5 Å². The molecule has 1 N–H and O–H groups in total. The van der Waals surface area contributed by atoms with Crippen LogP contribution in [0.5, 0.6) is 0 Å². The maximum absolute atomic E-state index is 11.7. The predicted molar refractivity (Wildman–Crippen MR) is 45.4 cm³/mol. The summed E-state index contributed by atoms with van der Waals surface area (Å²) in [5.74, 6) is -0.217. The maximum Gasteiger partial charge on any atom is 0.363 e. The number of rotatable bonds is 4. The SMILES string of the molecule is O=[N+]([O-])c1ccc(NCCF)cn1.